The summed E-state index contributed by atoms with van der Waals surface area (Å²) in [7, 11) is 0. The Morgan fingerprint density at radius 1 is 1.19 bits per heavy atom. The molecule has 1 heterocycles. The molecule has 2 aromatic rings. The van der Waals surface area contributed by atoms with Gasteiger partial charge in [0.15, 0.2) is 11.5 Å². The molecule has 0 radical (unpaired) electrons. The van der Waals surface area contributed by atoms with E-state index in [2.05, 4.69) is 10.6 Å². The number of rotatable bonds is 4. The summed E-state index contributed by atoms with van der Waals surface area (Å²) in [6.07, 6.45) is 0. The molecule has 2 amide bonds. The maximum Gasteiger partial charge on any atom is 0.313 e. The highest BCUT2D eigenvalue weighted by molar-refractivity contribution is 6.39. The lowest BCUT2D eigenvalue weighted by Crippen LogP contribution is -2.43. The van der Waals surface area contributed by atoms with Crippen LogP contribution in [0.5, 0.6) is 11.5 Å². The number of halogens is 2. The van der Waals surface area contributed by atoms with Crippen LogP contribution in [0.2, 0.25) is 5.02 Å². The van der Waals surface area contributed by atoms with E-state index in [9.17, 15) is 19.1 Å². The second-order valence-corrected chi connectivity index (χ2v) is 6.51. The average Bonchev–Trinajstić information content (AvgIpc) is 3.10. The second-order valence-electron chi connectivity index (χ2n) is 6.11. The molecule has 27 heavy (non-hydrogen) atoms. The van der Waals surface area contributed by atoms with E-state index in [4.69, 9.17) is 21.1 Å². The third kappa shape index (κ3) is 4.29. The lowest BCUT2D eigenvalue weighted by atomic mass is 9.95. The van der Waals surface area contributed by atoms with Gasteiger partial charge in [0.1, 0.15) is 11.4 Å². The molecule has 1 atom stereocenters. The van der Waals surface area contributed by atoms with Gasteiger partial charge in [-0.2, -0.15) is 0 Å². The first-order valence-corrected chi connectivity index (χ1v) is 8.31. The predicted octanol–water partition coefficient (Wildman–Crippen LogP) is 2.17. The van der Waals surface area contributed by atoms with E-state index in [-0.39, 0.29) is 24.0 Å². The Labute approximate surface area is 159 Å². The van der Waals surface area contributed by atoms with Gasteiger partial charge in [0.2, 0.25) is 6.79 Å². The highest BCUT2D eigenvalue weighted by Crippen LogP contribution is 2.35. The van der Waals surface area contributed by atoms with E-state index in [1.165, 1.54) is 19.1 Å². The van der Waals surface area contributed by atoms with Crippen LogP contribution in [0.3, 0.4) is 0 Å². The zero-order chi connectivity index (χ0) is 19.6. The van der Waals surface area contributed by atoms with Gasteiger partial charge in [0.25, 0.3) is 0 Å². The molecule has 0 aromatic heterocycles. The number of aliphatic hydroxyl groups is 1. The van der Waals surface area contributed by atoms with Crippen LogP contribution in [0.4, 0.5) is 10.1 Å². The molecule has 0 unspecified atom stereocenters. The Bertz CT molecular complexity index is 903. The van der Waals surface area contributed by atoms with Crippen LogP contribution in [0.1, 0.15) is 12.5 Å². The van der Waals surface area contributed by atoms with Gasteiger partial charge in [-0.25, -0.2) is 4.39 Å². The Kier molecular flexibility index (Phi) is 5.20. The van der Waals surface area contributed by atoms with Crippen LogP contribution in [-0.4, -0.2) is 30.3 Å². The monoisotopic (exact) mass is 394 g/mol. The maximum absolute atomic E-state index is 13.1. The minimum Gasteiger partial charge on any atom is -0.454 e. The summed E-state index contributed by atoms with van der Waals surface area (Å²) in [6.45, 7) is 1.37. The summed E-state index contributed by atoms with van der Waals surface area (Å²) in [4.78, 5) is 23.9. The fourth-order valence-corrected chi connectivity index (χ4v) is 2.61. The zero-order valence-electron chi connectivity index (χ0n) is 14.2. The van der Waals surface area contributed by atoms with Crippen molar-refractivity contribution in [3.05, 3.63) is 52.8 Å². The van der Waals surface area contributed by atoms with Crippen LogP contribution in [0.25, 0.3) is 0 Å². The lowest BCUT2D eigenvalue weighted by Gasteiger charge is -2.24. The normalized spacial score (nSPS) is 14.4. The molecule has 3 N–H and O–H groups in total. The van der Waals surface area contributed by atoms with Gasteiger partial charge < -0.3 is 25.2 Å². The van der Waals surface area contributed by atoms with Crippen LogP contribution < -0.4 is 20.1 Å². The molecule has 1 aliphatic rings. The smallest absolute Gasteiger partial charge is 0.313 e. The Morgan fingerprint density at radius 3 is 2.67 bits per heavy atom. The third-order valence-electron chi connectivity index (χ3n) is 3.97. The SMILES string of the molecule is C[C@](O)(CNC(=O)C(=O)Nc1ccc(F)c(Cl)c1)c1ccc2c(c1)OCO2. The van der Waals surface area contributed by atoms with Crippen molar-refractivity contribution in [2.45, 2.75) is 12.5 Å². The standard InChI is InChI=1S/C18H16ClFN2O5/c1-18(25,10-2-5-14-15(6-10)27-9-26-14)8-21-16(23)17(24)22-11-3-4-13(20)12(19)7-11/h2-7,25H,8-9H2,1H3,(H,21,23)(H,22,24)/t18-/m0/s1. The van der Waals surface area contributed by atoms with Crippen molar-refractivity contribution in [3.8, 4) is 11.5 Å². The number of hydrogen-bond donors (Lipinski definition) is 3. The fraction of sp³-hybridized carbons (Fsp3) is 0.222. The molecule has 0 bridgehead atoms. The van der Waals surface area contributed by atoms with Gasteiger partial charge in [-0.1, -0.05) is 17.7 Å². The summed E-state index contributed by atoms with van der Waals surface area (Å²) in [5, 5.41) is 15.1. The minimum atomic E-state index is -1.45. The van der Waals surface area contributed by atoms with Gasteiger partial charge in [-0.3, -0.25) is 9.59 Å². The first-order valence-electron chi connectivity index (χ1n) is 7.93. The van der Waals surface area contributed by atoms with E-state index in [0.717, 1.165) is 6.07 Å². The van der Waals surface area contributed by atoms with Gasteiger partial charge in [0.05, 0.1) is 11.6 Å². The summed E-state index contributed by atoms with van der Waals surface area (Å²) < 4.78 is 23.6. The van der Waals surface area contributed by atoms with Crippen LogP contribution in [0, 0.1) is 5.82 Å². The van der Waals surface area contributed by atoms with Crippen molar-refractivity contribution in [2.75, 3.05) is 18.7 Å². The van der Waals surface area contributed by atoms with E-state index in [1.54, 1.807) is 18.2 Å². The Balaban J connectivity index is 1.60. The largest absolute Gasteiger partial charge is 0.454 e. The number of nitrogens with one attached hydrogen (secondary N) is 2. The summed E-state index contributed by atoms with van der Waals surface area (Å²) in [5.74, 6) is -1.52. The molecular weight excluding hydrogens is 379 g/mol. The maximum atomic E-state index is 13.1. The molecule has 0 fully saturated rings. The van der Waals surface area contributed by atoms with Crippen molar-refractivity contribution in [1.82, 2.24) is 5.32 Å². The molecule has 0 saturated carbocycles. The Morgan fingerprint density at radius 2 is 1.93 bits per heavy atom. The topological polar surface area (TPSA) is 96.9 Å². The minimum absolute atomic E-state index is 0.102. The molecule has 3 rings (SSSR count). The molecule has 1 aliphatic heterocycles. The number of fused-ring (bicyclic) bond motifs is 1. The Hall–Kier alpha value is -2.84. The van der Waals surface area contributed by atoms with Crippen molar-refractivity contribution < 1.29 is 28.6 Å². The molecule has 142 valence electrons. The number of hydrogen-bond acceptors (Lipinski definition) is 5. The highest BCUT2D eigenvalue weighted by Gasteiger charge is 2.27. The van der Waals surface area contributed by atoms with Crippen LogP contribution >= 0.6 is 11.6 Å². The molecule has 0 spiro atoms. The molecule has 7 nitrogen and oxygen atoms in total. The first kappa shape index (κ1) is 18.9. The van der Waals surface area contributed by atoms with Crippen molar-refractivity contribution in [2.24, 2.45) is 0 Å². The molecule has 0 saturated heterocycles. The quantitative estimate of drug-likeness (QED) is 0.690. The van der Waals surface area contributed by atoms with E-state index in [0.29, 0.717) is 17.1 Å². The number of anilines is 1. The van der Waals surface area contributed by atoms with Crippen molar-refractivity contribution >= 4 is 29.1 Å². The molecular formula is C18H16ClFN2O5. The van der Waals surface area contributed by atoms with Crippen molar-refractivity contribution in [3.63, 3.8) is 0 Å². The number of ether oxygens (including phenoxy) is 2. The molecule has 9 heteroatoms. The highest BCUT2D eigenvalue weighted by atomic mass is 35.5. The number of carbonyl (C=O) groups excluding carboxylic acids is 2. The first-order chi connectivity index (χ1) is 12.8. The summed E-state index contributed by atoms with van der Waals surface area (Å²) in [5.41, 5.74) is -0.794. The average molecular weight is 395 g/mol. The fourth-order valence-electron chi connectivity index (χ4n) is 2.43. The van der Waals surface area contributed by atoms with Gasteiger partial charge in [-0.15, -0.1) is 0 Å². The van der Waals surface area contributed by atoms with Gasteiger partial charge >= 0.3 is 11.8 Å². The van der Waals surface area contributed by atoms with Crippen LogP contribution in [-0.2, 0) is 15.2 Å². The summed E-state index contributed by atoms with van der Waals surface area (Å²) in [6, 6.07) is 8.43. The third-order valence-corrected chi connectivity index (χ3v) is 4.26. The number of benzene rings is 2. The van der Waals surface area contributed by atoms with Crippen LogP contribution in [0.15, 0.2) is 36.4 Å². The lowest BCUT2D eigenvalue weighted by molar-refractivity contribution is -0.136. The predicted molar refractivity (Wildman–Crippen MR) is 95.2 cm³/mol. The van der Waals surface area contributed by atoms with Gasteiger partial charge in [0, 0.05) is 5.69 Å². The van der Waals surface area contributed by atoms with Gasteiger partial charge in [-0.05, 0) is 42.8 Å². The van der Waals surface area contributed by atoms with E-state index >= 15 is 0 Å². The number of carbonyl (C=O) groups is 2. The summed E-state index contributed by atoms with van der Waals surface area (Å²) >= 11 is 5.63. The second kappa shape index (κ2) is 7.42. The number of amides is 2. The van der Waals surface area contributed by atoms with Crippen molar-refractivity contribution in [1.29, 1.82) is 0 Å². The zero-order valence-corrected chi connectivity index (χ0v) is 15.0. The molecule has 0 aliphatic carbocycles. The van der Waals surface area contributed by atoms with E-state index in [1.807, 2.05) is 0 Å². The van der Waals surface area contributed by atoms with E-state index < -0.39 is 23.2 Å². The molecule has 2 aromatic carbocycles.